The molecule has 1 aromatic heterocycles. The lowest BCUT2D eigenvalue weighted by Crippen LogP contribution is -2.57. The van der Waals surface area contributed by atoms with Gasteiger partial charge in [-0.3, -0.25) is 14.2 Å². The van der Waals surface area contributed by atoms with Crippen LogP contribution in [0.4, 0.5) is 4.39 Å². The van der Waals surface area contributed by atoms with Crippen LogP contribution in [0.3, 0.4) is 0 Å². The molecule has 3 aliphatic heterocycles. The summed E-state index contributed by atoms with van der Waals surface area (Å²) < 4.78 is 15.3. The Hall–Kier alpha value is -2.18. The largest absolute Gasteiger partial charge is 0.348 e. The number of fused-ring (bicyclic) bond motifs is 3. The average Bonchev–Trinajstić information content (AvgIpc) is 2.63. The second kappa shape index (κ2) is 6.85. The normalized spacial score (nSPS) is 24.5. The number of carbonyl (C=O) groups excluding carboxylic acids is 1. The number of rotatable bonds is 3. The highest BCUT2D eigenvalue weighted by Crippen LogP contribution is 2.27. The van der Waals surface area contributed by atoms with E-state index in [0.717, 1.165) is 43.1 Å². The van der Waals surface area contributed by atoms with Crippen LogP contribution in [0.15, 0.2) is 41.3 Å². The maximum atomic E-state index is 14.2. The van der Waals surface area contributed by atoms with Gasteiger partial charge in [-0.15, -0.1) is 0 Å². The topological polar surface area (TPSA) is 54.3 Å². The fraction of sp³-hybridized carbons (Fsp3) is 0.368. The highest BCUT2D eigenvalue weighted by Gasteiger charge is 2.35. The second-order valence-corrected chi connectivity index (χ2v) is 7.38. The molecule has 3 saturated heterocycles. The lowest BCUT2D eigenvalue weighted by molar-refractivity contribution is 0.0620. The van der Waals surface area contributed by atoms with Gasteiger partial charge in [0.15, 0.2) is 0 Å². The molecule has 5 nitrogen and oxygen atoms in total. The lowest BCUT2D eigenvalue weighted by Gasteiger charge is -2.44. The van der Waals surface area contributed by atoms with Gasteiger partial charge in [0.1, 0.15) is 5.82 Å². The Morgan fingerprint density at radius 3 is 2.62 bits per heavy atom. The zero-order valence-electron chi connectivity index (χ0n) is 14.1. The van der Waals surface area contributed by atoms with Crippen molar-refractivity contribution in [2.24, 2.45) is 5.92 Å². The van der Waals surface area contributed by atoms with Crippen molar-refractivity contribution < 1.29 is 9.18 Å². The zero-order valence-corrected chi connectivity index (χ0v) is 14.9. The third-order valence-corrected chi connectivity index (χ3v) is 5.55. The molecule has 0 aliphatic carbocycles. The Balaban J connectivity index is 1.59. The summed E-state index contributed by atoms with van der Waals surface area (Å²) in [6.45, 7) is 3.05. The first-order valence-electron chi connectivity index (χ1n) is 8.72. The molecule has 4 heterocycles. The molecule has 2 aromatic rings. The van der Waals surface area contributed by atoms with Gasteiger partial charge in [0, 0.05) is 29.9 Å². The molecular weight excluding hydrogens is 357 g/mol. The van der Waals surface area contributed by atoms with Crippen LogP contribution >= 0.6 is 11.6 Å². The predicted octanol–water partition coefficient (Wildman–Crippen LogP) is 2.45. The van der Waals surface area contributed by atoms with Crippen LogP contribution in [0.1, 0.15) is 23.2 Å². The minimum atomic E-state index is -0.616. The first-order chi connectivity index (χ1) is 12.5. The minimum absolute atomic E-state index is 0.0666. The lowest BCUT2D eigenvalue weighted by atomic mass is 9.84. The number of nitrogens with zero attached hydrogens (tertiary/aromatic N) is 2. The van der Waals surface area contributed by atoms with E-state index in [0.29, 0.717) is 11.5 Å². The highest BCUT2D eigenvalue weighted by atomic mass is 35.5. The molecule has 1 aromatic carbocycles. The molecule has 136 valence electrons. The van der Waals surface area contributed by atoms with E-state index in [1.165, 1.54) is 30.5 Å². The minimum Gasteiger partial charge on any atom is -0.348 e. The number of pyridine rings is 1. The monoisotopic (exact) mass is 375 g/mol. The van der Waals surface area contributed by atoms with Crippen molar-refractivity contribution in [2.75, 3.05) is 19.6 Å². The number of hydrogen-bond acceptors (Lipinski definition) is 3. The first kappa shape index (κ1) is 17.2. The molecule has 0 radical (unpaired) electrons. The number of nitrogens with one attached hydrogen (secondary N) is 1. The van der Waals surface area contributed by atoms with E-state index in [-0.39, 0.29) is 22.7 Å². The molecule has 1 atom stereocenters. The quantitative estimate of drug-likeness (QED) is 0.896. The van der Waals surface area contributed by atoms with Crippen LogP contribution in [0, 0.1) is 11.7 Å². The number of carbonyl (C=O) groups is 1. The standard InChI is InChI=1S/C19H19ClFN3O2/c20-14-2-3-17(15(21)9-14)24-10-13(1-4-18(24)25)19(26)22-16-11-23-7-5-12(16)6-8-23/h1-4,9-10,12,16H,5-8,11H2,(H,22,26). The maximum absolute atomic E-state index is 14.2. The summed E-state index contributed by atoms with van der Waals surface area (Å²) in [7, 11) is 0. The van der Waals surface area contributed by atoms with Gasteiger partial charge in [-0.1, -0.05) is 11.6 Å². The van der Waals surface area contributed by atoms with Crippen molar-refractivity contribution in [1.29, 1.82) is 0 Å². The van der Waals surface area contributed by atoms with Crippen LogP contribution in [0.5, 0.6) is 0 Å². The number of amides is 1. The average molecular weight is 376 g/mol. The van der Waals surface area contributed by atoms with E-state index < -0.39 is 11.4 Å². The predicted molar refractivity (Wildman–Crippen MR) is 97.4 cm³/mol. The molecule has 7 heteroatoms. The molecule has 5 rings (SSSR count). The number of piperidine rings is 3. The molecular formula is C19H19ClFN3O2. The molecule has 3 fully saturated rings. The first-order valence-corrected chi connectivity index (χ1v) is 9.10. The second-order valence-electron chi connectivity index (χ2n) is 6.94. The van der Waals surface area contributed by atoms with Gasteiger partial charge in [0.2, 0.25) is 0 Å². The molecule has 1 amide bonds. The van der Waals surface area contributed by atoms with E-state index in [1.54, 1.807) is 0 Å². The van der Waals surface area contributed by atoms with Gasteiger partial charge in [0.25, 0.3) is 11.5 Å². The summed E-state index contributed by atoms with van der Waals surface area (Å²) in [5, 5.41) is 3.32. The van der Waals surface area contributed by atoms with Gasteiger partial charge in [-0.25, -0.2) is 4.39 Å². The van der Waals surface area contributed by atoms with Crippen molar-refractivity contribution in [2.45, 2.75) is 18.9 Å². The van der Waals surface area contributed by atoms with Crippen LogP contribution in [0.2, 0.25) is 5.02 Å². The van der Waals surface area contributed by atoms with Crippen molar-refractivity contribution in [3.63, 3.8) is 0 Å². The molecule has 2 bridgehead atoms. The molecule has 0 spiro atoms. The Bertz CT molecular complexity index is 906. The van der Waals surface area contributed by atoms with Gasteiger partial charge < -0.3 is 10.2 Å². The number of hydrogen-bond donors (Lipinski definition) is 1. The summed E-state index contributed by atoms with van der Waals surface area (Å²) in [6.07, 6.45) is 3.58. The molecule has 3 aliphatic rings. The van der Waals surface area contributed by atoms with Crippen LogP contribution in [-0.2, 0) is 0 Å². The Morgan fingerprint density at radius 2 is 1.96 bits per heavy atom. The van der Waals surface area contributed by atoms with Crippen molar-refractivity contribution in [3.8, 4) is 5.69 Å². The number of benzene rings is 1. The smallest absolute Gasteiger partial charge is 0.255 e. The van der Waals surface area contributed by atoms with Gasteiger partial charge in [-0.2, -0.15) is 0 Å². The molecule has 26 heavy (non-hydrogen) atoms. The third kappa shape index (κ3) is 3.27. The summed E-state index contributed by atoms with van der Waals surface area (Å²) in [5.74, 6) is -0.356. The van der Waals surface area contributed by atoms with Gasteiger partial charge in [0.05, 0.1) is 11.3 Å². The summed E-state index contributed by atoms with van der Waals surface area (Å²) in [4.78, 5) is 27.2. The number of aromatic nitrogens is 1. The maximum Gasteiger partial charge on any atom is 0.255 e. The van der Waals surface area contributed by atoms with Crippen molar-refractivity contribution in [3.05, 3.63) is 63.3 Å². The Kier molecular flexibility index (Phi) is 4.54. The van der Waals surface area contributed by atoms with Crippen LogP contribution in [0.25, 0.3) is 5.69 Å². The molecule has 0 saturated carbocycles. The van der Waals surface area contributed by atoms with Crippen molar-refractivity contribution >= 4 is 17.5 Å². The van der Waals surface area contributed by atoms with E-state index in [2.05, 4.69) is 10.2 Å². The summed E-state index contributed by atoms with van der Waals surface area (Å²) >= 11 is 5.77. The van der Waals surface area contributed by atoms with E-state index in [1.807, 2.05) is 0 Å². The van der Waals surface area contributed by atoms with E-state index in [4.69, 9.17) is 11.6 Å². The summed E-state index contributed by atoms with van der Waals surface area (Å²) in [5.41, 5.74) is -0.0158. The van der Waals surface area contributed by atoms with Crippen LogP contribution < -0.4 is 10.9 Å². The number of halogens is 2. The van der Waals surface area contributed by atoms with Gasteiger partial charge in [-0.05, 0) is 56.1 Å². The fourth-order valence-corrected chi connectivity index (χ4v) is 4.03. The molecule has 1 N–H and O–H groups in total. The van der Waals surface area contributed by atoms with E-state index >= 15 is 0 Å². The third-order valence-electron chi connectivity index (χ3n) is 5.32. The summed E-state index contributed by atoms with van der Waals surface area (Å²) in [6, 6.07) is 6.95. The van der Waals surface area contributed by atoms with Crippen molar-refractivity contribution in [1.82, 2.24) is 14.8 Å². The zero-order chi connectivity index (χ0) is 18.3. The SMILES string of the molecule is O=C(NC1CN2CCC1CC2)c1ccc(=O)n(-c2ccc(Cl)cc2F)c1. The van der Waals surface area contributed by atoms with E-state index in [9.17, 15) is 14.0 Å². The molecule has 1 unspecified atom stereocenters. The fourth-order valence-electron chi connectivity index (χ4n) is 3.87. The Labute approximate surface area is 155 Å². The van der Waals surface area contributed by atoms with Crippen LogP contribution in [-0.4, -0.2) is 41.1 Å². The van der Waals surface area contributed by atoms with Gasteiger partial charge >= 0.3 is 0 Å². The Morgan fingerprint density at radius 1 is 1.19 bits per heavy atom. The highest BCUT2D eigenvalue weighted by molar-refractivity contribution is 6.30.